The fourth-order valence-corrected chi connectivity index (χ4v) is 3.74. The molecule has 1 N–H and O–H groups in total. The first kappa shape index (κ1) is 20.8. The van der Waals surface area contributed by atoms with Gasteiger partial charge in [0, 0.05) is 30.5 Å². The third-order valence-corrected chi connectivity index (χ3v) is 4.81. The fraction of sp³-hybridized carbons (Fsp3) is 0.263. The molecule has 2 aromatic rings. The summed E-state index contributed by atoms with van der Waals surface area (Å²) in [6, 6.07) is 7.59. The Balaban J connectivity index is 2.11. The molecule has 29 heavy (non-hydrogen) atoms. The van der Waals surface area contributed by atoms with Crippen LogP contribution in [0.15, 0.2) is 30.3 Å². The number of hydrogen-bond donors (Lipinski definition) is 1. The van der Waals surface area contributed by atoms with E-state index in [1.54, 1.807) is 6.07 Å². The van der Waals surface area contributed by atoms with E-state index in [1.807, 2.05) is 0 Å². The van der Waals surface area contributed by atoms with Gasteiger partial charge in [-0.1, -0.05) is 6.07 Å². The average molecular weight is 425 g/mol. The van der Waals surface area contributed by atoms with Gasteiger partial charge in [0.05, 0.1) is 17.4 Å². The normalized spacial score (nSPS) is 17.9. The average Bonchev–Trinajstić information content (AvgIpc) is 2.87. The molecular formula is C19H14F3NO5S. The topological polar surface area (TPSA) is 96.6 Å². The maximum absolute atomic E-state index is 14.6. The Bertz CT molecular complexity index is 1050. The van der Waals surface area contributed by atoms with Crippen molar-refractivity contribution in [1.29, 1.82) is 5.26 Å². The van der Waals surface area contributed by atoms with Gasteiger partial charge in [0.1, 0.15) is 17.3 Å². The first-order chi connectivity index (χ1) is 13.6. The predicted octanol–water partition coefficient (Wildman–Crippen LogP) is 4.01. The number of nitrogens with zero attached hydrogens (tertiary/aromatic N) is 1. The van der Waals surface area contributed by atoms with Crippen molar-refractivity contribution < 1.29 is 36.2 Å². The summed E-state index contributed by atoms with van der Waals surface area (Å²) in [6.07, 6.45) is -2.79. The van der Waals surface area contributed by atoms with E-state index in [-0.39, 0.29) is 33.8 Å². The third-order valence-electron chi connectivity index (χ3n) is 4.25. The third kappa shape index (κ3) is 4.41. The van der Waals surface area contributed by atoms with E-state index in [0.29, 0.717) is 0 Å². The van der Waals surface area contributed by atoms with Crippen LogP contribution in [0.4, 0.5) is 13.2 Å². The van der Waals surface area contributed by atoms with E-state index < -0.39 is 47.1 Å². The molecule has 10 heteroatoms. The van der Waals surface area contributed by atoms with Gasteiger partial charge in [-0.25, -0.2) is 17.4 Å². The first-order valence-corrected chi connectivity index (χ1v) is 9.54. The second-order valence-electron chi connectivity index (χ2n) is 6.40. The zero-order valence-electron chi connectivity index (χ0n) is 14.9. The molecule has 3 rings (SSSR count). The minimum absolute atomic E-state index is 0.0212. The molecule has 0 saturated carbocycles. The van der Waals surface area contributed by atoms with Crippen molar-refractivity contribution in [3.05, 3.63) is 58.4 Å². The van der Waals surface area contributed by atoms with E-state index in [0.717, 1.165) is 19.1 Å². The van der Waals surface area contributed by atoms with Gasteiger partial charge < -0.3 is 14.0 Å². The SMILES string of the molecule is CC(=O)O[C@H]1c2c(CS(=O)O)ccc(Oc3cc(F)cc(C#N)c3)c2CC1(F)F. The van der Waals surface area contributed by atoms with Gasteiger partial charge >= 0.3 is 5.97 Å². The van der Waals surface area contributed by atoms with Gasteiger partial charge in [0.2, 0.25) is 0 Å². The molecule has 0 radical (unpaired) electrons. The second-order valence-corrected chi connectivity index (χ2v) is 7.33. The predicted molar refractivity (Wildman–Crippen MR) is 95.3 cm³/mol. The summed E-state index contributed by atoms with van der Waals surface area (Å²) < 4.78 is 73.7. The lowest BCUT2D eigenvalue weighted by atomic mass is 10.0. The zero-order chi connectivity index (χ0) is 21.3. The maximum atomic E-state index is 14.6. The van der Waals surface area contributed by atoms with Gasteiger partial charge in [-0.3, -0.25) is 4.79 Å². The molecule has 1 aliphatic carbocycles. The highest BCUT2D eigenvalue weighted by molar-refractivity contribution is 7.78. The van der Waals surface area contributed by atoms with Crippen LogP contribution in [0.1, 0.15) is 35.3 Å². The Hall–Kier alpha value is -2.90. The molecule has 2 aromatic carbocycles. The summed E-state index contributed by atoms with van der Waals surface area (Å²) in [5.74, 6) is -5.74. The molecule has 0 spiro atoms. The number of hydrogen-bond acceptors (Lipinski definition) is 5. The number of fused-ring (bicyclic) bond motifs is 1. The molecule has 0 saturated heterocycles. The number of carbonyl (C=O) groups excluding carboxylic acids is 1. The number of rotatable bonds is 5. The molecule has 0 fully saturated rings. The molecule has 0 aromatic heterocycles. The zero-order valence-corrected chi connectivity index (χ0v) is 15.8. The summed E-state index contributed by atoms with van der Waals surface area (Å²) in [5.41, 5.74) is -0.0467. The smallest absolute Gasteiger partial charge is 0.303 e. The molecule has 0 aliphatic heterocycles. The lowest BCUT2D eigenvalue weighted by Crippen LogP contribution is -2.26. The molecule has 0 heterocycles. The standard InChI is InChI=1S/C19H14F3NO5S/c1-10(24)27-18-17-12(9-29(25)26)2-3-16(15(17)7-19(18,21)22)28-14-5-11(8-23)4-13(20)6-14/h2-6,18H,7,9H2,1H3,(H,25,26)/t18-/m0/s1. The van der Waals surface area contributed by atoms with E-state index in [1.165, 1.54) is 18.2 Å². The lowest BCUT2D eigenvalue weighted by molar-refractivity contribution is -0.168. The van der Waals surface area contributed by atoms with Crippen molar-refractivity contribution in [3.8, 4) is 17.6 Å². The number of alkyl halides is 2. The van der Waals surface area contributed by atoms with Crippen LogP contribution in [-0.2, 0) is 32.8 Å². The van der Waals surface area contributed by atoms with Crippen molar-refractivity contribution in [3.63, 3.8) is 0 Å². The molecule has 1 aliphatic rings. The highest BCUT2D eigenvalue weighted by atomic mass is 32.2. The van der Waals surface area contributed by atoms with Crippen molar-refractivity contribution in [2.45, 2.75) is 31.1 Å². The van der Waals surface area contributed by atoms with Gasteiger partial charge in [-0.2, -0.15) is 5.26 Å². The Labute approximate surface area is 166 Å². The number of halogens is 3. The number of benzene rings is 2. The summed E-state index contributed by atoms with van der Waals surface area (Å²) in [6.45, 7) is 0.981. The highest BCUT2D eigenvalue weighted by Gasteiger charge is 2.52. The van der Waals surface area contributed by atoms with Crippen molar-refractivity contribution in [2.75, 3.05) is 0 Å². The van der Waals surface area contributed by atoms with E-state index in [2.05, 4.69) is 0 Å². The summed E-state index contributed by atoms with van der Waals surface area (Å²) in [4.78, 5) is 11.3. The van der Waals surface area contributed by atoms with Crippen LogP contribution in [0.2, 0.25) is 0 Å². The van der Waals surface area contributed by atoms with Crippen molar-refractivity contribution in [1.82, 2.24) is 0 Å². The monoisotopic (exact) mass is 425 g/mol. The molecule has 6 nitrogen and oxygen atoms in total. The molecule has 2 atom stereocenters. The molecule has 1 unspecified atom stereocenters. The molecule has 0 amide bonds. The Morgan fingerprint density at radius 3 is 2.72 bits per heavy atom. The molecule has 0 bridgehead atoms. The summed E-state index contributed by atoms with van der Waals surface area (Å²) in [7, 11) is 0. The first-order valence-electron chi connectivity index (χ1n) is 8.26. The van der Waals surface area contributed by atoms with E-state index in [4.69, 9.17) is 14.7 Å². The maximum Gasteiger partial charge on any atom is 0.303 e. The van der Waals surface area contributed by atoms with Crippen LogP contribution in [0, 0.1) is 17.1 Å². The van der Waals surface area contributed by atoms with E-state index in [9.17, 15) is 26.7 Å². The quantitative estimate of drug-likeness (QED) is 0.574. The Kier molecular flexibility index (Phi) is 5.64. The van der Waals surface area contributed by atoms with Gasteiger partial charge in [-0.15, -0.1) is 0 Å². The van der Waals surface area contributed by atoms with Crippen LogP contribution in [0.5, 0.6) is 11.5 Å². The summed E-state index contributed by atoms with van der Waals surface area (Å²) in [5, 5.41) is 8.94. The highest BCUT2D eigenvalue weighted by Crippen LogP contribution is 2.50. The minimum Gasteiger partial charge on any atom is -0.457 e. The number of ether oxygens (including phenoxy) is 2. The second kappa shape index (κ2) is 7.85. The van der Waals surface area contributed by atoms with Gasteiger partial charge in [0.25, 0.3) is 5.92 Å². The van der Waals surface area contributed by atoms with Crippen LogP contribution in [-0.4, -0.2) is 20.7 Å². The van der Waals surface area contributed by atoms with Gasteiger partial charge in [-0.05, 0) is 23.8 Å². The number of nitriles is 1. The lowest BCUT2D eigenvalue weighted by Gasteiger charge is -2.21. The number of carbonyl (C=O) groups is 1. The Morgan fingerprint density at radius 2 is 2.10 bits per heavy atom. The van der Waals surface area contributed by atoms with Crippen LogP contribution < -0.4 is 4.74 Å². The van der Waals surface area contributed by atoms with Crippen LogP contribution in [0.25, 0.3) is 0 Å². The molecular weight excluding hydrogens is 411 g/mol. The van der Waals surface area contributed by atoms with Crippen molar-refractivity contribution in [2.24, 2.45) is 0 Å². The van der Waals surface area contributed by atoms with Gasteiger partial charge in [0.15, 0.2) is 17.2 Å². The van der Waals surface area contributed by atoms with Crippen LogP contribution in [0.3, 0.4) is 0 Å². The summed E-state index contributed by atoms with van der Waals surface area (Å²) >= 11 is -2.33. The largest absolute Gasteiger partial charge is 0.457 e. The molecule has 152 valence electrons. The number of esters is 1. The van der Waals surface area contributed by atoms with Crippen molar-refractivity contribution >= 4 is 17.0 Å². The fourth-order valence-electron chi connectivity index (χ4n) is 3.22. The van der Waals surface area contributed by atoms with E-state index >= 15 is 0 Å². The minimum atomic E-state index is -3.47. The Morgan fingerprint density at radius 1 is 1.38 bits per heavy atom. The van der Waals surface area contributed by atoms with Crippen LogP contribution >= 0.6 is 0 Å².